The largest absolute Gasteiger partial charge is 0.465 e. The average Bonchev–Trinajstić information content (AvgIpc) is 3.47. The highest BCUT2D eigenvalue weighted by atomic mass is 16.7. The van der Waals surface area contributed by atoms with Crippen LogP contribution in [-0.4, -0.2) is 44.4 Å². The fourth-order valence-electron chi connectivity index (χ4n) is 4.22. The minimum atomic E-state index is -1.57. The van der Waals surface area contributed by atoms with Gasteiger partial charge in [-0.25, -0.2) is 9.79 Å². The molecule has 166 valence electrons. The first-order chi connectivity index (χ1) is 15.6. The number of rotatable bonds is 5. The summed E-state index contributed by atoms with van der Waals surface area (Å²) in [4.78, 5) is 31.3. The van der Waals surface area contributed by atoms with Gasteiger partial charge in [-0.2, -0.15) is 0 Å². The van der Waals surface area contributed by atoms with Crippen LogP contribution in [0.5, 0.6) is 23.0 Å². The Bertz CT molecular complexity index is 1140. The molecule has 1 unspecified atom stereocenters. The molecular weight excluding hydrogens is 418 g/mol. The number of ether oxygens (including phenoxy) is 6. The third-order valence-electron chi connectivity index (χ3n) is 5.65. The minimum Gasteiger partial charge on any atom is -0.465 e. The lowest BCUT2D eigenvalue weighted by Gasteiger charge is -2.35. The molecule has 0 radical (unpaired) electrons. The van der Waals surface area contributed by atoms with Crippen LogP contribution in [0.2, 0.25) is 0 Å². The molecule has 0 N–H and O–H groups in total. The van der Waals surface area contributed by atoms with Gasteiger partial charge in [0.2, 0.25) is 13.6 Å². The average molecular weight is 439 g/mol. The van der Waals surface area contributed by atoms with Crippen LogP contribution in [0.4, 0.5) is 5.69 Å². The zero-order valence-corrected chi connectivity index (χ0v) is 17.6. The van der Waals surface area contributed by atoms with Crippen LogP contribution in [0.25, 0.3) is 0 Å². The van der Waals surface area contributed by atoms with E-state index in [0.29, 0.717) is 39.8 Å². The standard InChI is InChI=1S/C23H21NO8/c1-3-27-21(25)20-23(22(26)28-4-2,13-5-7-16-18(9-13)31-11-29-16)10-14-15(24-20)6-8-17-19(14)32-12-30-17/h5-9H,3-4,10-12H2,1-2H3. The number of carbonyl (C=O) groups excluding carboxylic acids is 2. The van der Waals surface area contributed by atoms with Gasteiger partial charge in [-0.15, -0.1) is 0 Å². The monoisotopic (exact) mass is 439 g/mol. The van der Waals surface area contributed by atoms with E-state index in [1.165, 1.54) is 0 Å². The second-order valence-corrected chi connectivity index (χ2v) is 7.35. The van der Waals surface area contributed by atoms with Crippen LogP contribution < -0.4 is 18.9 Å². The van der Waals surface area contributed by atoms with E-state index in [4.69, 9.17) is 28.4 Å². The number of hydrogen-bond donors (Lipinski definition) is 0. The summed E-state index contributed by atoms with van der Waals surface area (Å²) in [6, 6.07) is 8.55. The van der Waals surface area contributed by atoms with Gasteiger partial charge in [0.05, 0.1) is 18.9 Å². The predicted octanol–water partition coefficient (Wildman–Crippen LogP) is 2.84. The van der Waals surface area contributed by atoms with Crippen LogP contribution in [-0.2, 0) is 30.9 Å². The van der Waals surface area contributed by atoms with Crippen LogP contribution in [0.15, 0.2) is 35.3 Å². The van der Waals surface area contributed by atoms with Crippen molar-refractivity contribution in [3.05, 3.63) is 41.5 Å². The van der Waals surface area contributed by atoms with Crippen molar-refractivity contribution in [1.82, 2.24) is 0 Å². The quantitative estimate of drug-likeness (QED) is 0.656. The van der Waals surface area contributed by atoms with Crippen molar-refractivity contribution >= 4 is 23.3 Å². The second-order valence-electron chi connectivity index (χ2n) is 7.35. The molecule has 9 heteroatoms. The maximum atomic E-state index is 13.6. The molecule has 0 aromatic heterocycles. The van der Waals surface area contributed by atoms with Gasteiger partial charge in [0.15, 0.2) is 23.0 Å². The zero-order chi connectivity index (χ0) is 22.3. The zero-order valence-electron chi connectivity index (χ0n) is 17.6. The fourth-order valence-corrected chi connectivity index (χ4v) is 4.22. The molecule has 0 amide bonds. The van der Waals surface area contributed by atoms with Crippen molar-refractivity contribution in [2.75, 3.05) is 26.8 Å². The first-order valence-corrected chi connectivity index (χ1v) is 10.3. The van der Waals surface area contributed by atoms with Crippen LogP contribution >= 0.6 is 0 Å². The van der Waals surface area contributed by atoms with E-state index in [1.54, 1.807) is 44.2 Å². The Balaban J connectivity index is 1.76. The van der Waals surface area contributed by atoms with Gasteiger partial charge in [-0.1, -0.05) is 6.07 Å². The van der Waals surface area contributed by atoms with E-state index in [2.05, 4.69) is 4.99 Å². The molecule has 3 aliphatic heterocycles. The third kappa shape index (κ3) is 2.96. The van der Waals surface area contributed by atoms with Gasteiger partial charge in [0.25, 0.3) is 0 Å². The first-order valence-electron chi connectivity index (χ1n) is 10.3. The van der Waals surface area contributed by atoms with Gasteiger partial charge in [-0.05, 0) is 43.7 Å². The molecular formula is C23H21NO8. The van der Waals surface area contributed by atoms with Crippen molar-refractivity contribution in [2.45, 2.75) is 25.7 Å². The van der Waals surface area contributed by atoms with Crippen molar-refractivity contribution in [1.29, 1.82) is 0 Å². The molecule has 0 bridgehead atoms. The van der Waals surface area contributed by atoms with Gasteiger partial charge in [0, 0.05) is 12.0 Å². The van der Waals surface area contributed by atoms with E-state index in [-0.39, 0.29) is 38.9 Å². The first kappa shape index (κ1) is 20.2. The predicted molar refractivity (Wildman–Crippen MR) is 111 cm³/mol. The molecule has 5 rings (SSSR count). The summed E-state index contributed by atoms with van der Waals surface area (Å²) >= 11 is 0. The molecule has 2 aromatic carbocycles. The highest BCUT2D eigenvalue weighted by Gasteiger charge is 2.54. The highest BCUT2D eigenvalue weighted by Crippen LogP contribution is 2.49. The Hall–Kier alpha value is -3.75. The minimum absolute atomic E-state index is 0.0527. The number of hydrogen-bond acceptors (Lipinski definition) is 9. The van der Waals surface area contributed by atoms with Gasteiger partial charge in [0.1, 0.15) is 11.1 Å². The maximum Gasteiger partial charge on any atom is 0.354 e. The van der Waals surface area contributed by atoms with Crippen molar-refractivity contribution < 1.29 is 38.0 Å². The summed E-state index contributed by atoms with van der Waals surface area (Å²) < 4.78 is 32.9. The Morgan fingerprint density at radius 3 is 2.47 bits per heavy atom. The van der Waals surface area contributed by atoms with Crippen LogP contribution in [0, 0.1) is 0 Å². The van der Waals surface area contributed by atoms with Crippen LogP contribution in [0.1, 0.15) is 25.0 Å². The lowest BCUT2D eigenvalue weighted by molar-refractivity contribution is -0.149. The molecule has 32 heavy (non-hydrogen) atoms. The van der Waals surface area contributed by atoms with Crippen molar-refractivity contribution in [3.8, 4) is 23.0 Å². The molecule has 0 spiro atoms. The summed E-state index contributed by atoms with van der Waals surface area (Å²) in [5.41, 5.74) is 0.0195. The normalized spacial score (nSPS) is 19.8. The third-order valence-corrected chi connectivity index (χ3v) is 5.65. The molecule has 0 aliphatic carbocycles. The number of fused-ring (bicyclic) bond motifs is 4. The highest BCUT2D eigenvalue weighted by molar-refractivity contribution is 6.45. The molecule has 0 saturated heterocycles. The summed E-state index contributed by atoms with van der Waals surface area (Å²) in [5.74, 6) is 0.772. The lowest BCUT2D eigenvalue weighted by Crippen LogP contribution is -2.51. The van der Waals surface area contributed by atoms with Gasteiger partial charge in [-0.3, -0.25) is 4.79 Å². The number of carbonyl (C=O) groups is 2. The number of benzene rings is 2. The summed E-state index contributed by atoms with van der Waals surface area (Å²) in [5, 5.41) is 0. The molecule has 2 aromatic rings. The smallest absolute Gasteiger partial charge is 0.354 e. The molecule has 9 nitrogen and oxygen atoms in total. The molecule has 0 saturated carbocycles. The van der Waals surface area contributed by atoms with E-state index in [0.717, 1.165) is 0 Å². The summed E-state index contributed by atoms with van der Waals surface area (Å²) in [6.07, 6.45) is 0.0744. The number of nitrogens with zero attached hydrogens (tertiary/aromatic N) is 1. The second kappa shape index (κ2) is 7.74. The molecule has 3 aliphatic rings. The van der Waals surface area contributed by atoms with Gasteiger partial charge < -0.3 is 28.4 Å². The summed E-state index contributed by atoms with van der Waals surface area (Å²) in [7, 11) is 0. The Labute approximate surface area is 183 Å². The van der Waals surface area contributed by atoms with Crippen molar-refractivity contribution in [3.63, 3.8) is 0 Å². The Morgan fingerprint density at radius 2 is 1.66 bits per heavy atom. The summed E-state index contributed by atoms with van der Waals surface area (Å²) in [6.45, 7) is 3.80. The van der Waals surface area contributed by atoms with Crippen molar-refractivity contribution in [2.24, 2.45) is 4.99 Å². The molecule has 0 fully saturated rings. The Morgan fingerprint density at radius 1 is 0.938 bits per heavy atom. The van der Waals surface area contributed by atoms with E-state index >= 15 is 0 Å². The Kier molecular flexibility index (Phi) is 4.88. The maximum absolute atomic E-state index is 13.6. The molecule has 3 heterocycles. The fraction of sp³-hybridized carbons (Fsp3) is 0.348. The lowest BCUT2D eigenvalue weighted by atomic mass is 9.69. The number of aliphatic imine (C=N–C) groups is 1. The molecule has 1 atom stereocenters. The topological polar surface area (TPSA) is 102 Å². The van der Waals surface area contributed by atoms with Crippen LogP contribution in [0.3, 0.4) is 0 Å². The van der Waals surface area contributed by atoms with Gasteiger partial charge >= 0.3 is 11.9 Å². The number of esters is 2. The van der Waals surface area contributed by atoms with E-state index in [1.807, 2.05) is 0 Å². The van der Waals surface area contributed by atoms with E-state index in [9.17, 15) is 9.59 Å². The SMILES string of the molecule is CCOC(=O)C1=Nc2ccc3c(c2CC1(C(=O)OCC)c1ccc2c(c1)OCO2)OCO3. The van der Waals surface area contributed by atoms with E-state index < -0.39 is 17.4 Å².